The first-order chi connectivity index (χ1) is 7.45. The lowest BCUT2D eigenvalue weighted by Crippen LogP contribution is -2.35. The van der Waals surface area contributed by atoms with Crippen LogP contribution in [-0.4, -0.2) is 38.1 Å². The van der Waals surface area contributed by atoms with Gasteiger partial charge in [0, 0.05) is 13.1 Å². The molecule has 0 radical (unpaired) electrons. The third kappa shape index (κ3) is 3.81. The van der Waals surface area contributed by atoms with Crippen LogP contribution in [0.25, 0.3) is 0 Å². The highest BCUT2D eigenvalue weighted by Crippen LogP contribution is 2.34. The van der Waals surface area contributed by atoms with Gasteiger partial charge in [-0.3, -0.25) is 0 Å². The van der Waals surface area contributed by atoms with Crippen molar-refractivity contribution in [3.8, 4) is 0 Å². The molecule has 6 heteroatoms. The van der Waals surface area contributed by atoms with E-state index < -0.39 is 10.0 Å². The maximum Gasteiger partial charge on any atom is 0.214 e. The van der Waals surface area contributed by atoms with Crippen LogP contribution in [0, 0.1) is 11.3 Å². The Morgan fingerprint density at radius 1 is 1.41 bits per heavy atom. The molecule has 0 spiro atoms. The largest absolute Gasteiger partial charge is 0.330 e. The Morgan fingerprint density at radius 2 is 2.06 bits per heavy atom. The lowest BCUT2D eigenvalue weighted by molar-refractivity contribution is 0.349. The predicted octanol–water partition coefficient (Wildman–Crippen LogP) is 1.21. The Labute approximate surface area is 110 Å². The van der Waals surface area contributed by atoms with Crippen molar-refractivity contribution in [1.29, 1.82) is 0 Å². The molecule has 0 aromatic heterocycles. The molecule has 2 aliphatic rings. The number of nitrogens with two attached hydrogens (primary N) is 1. The summed E-state index contributed by atoms with van der Waals surface area (Å²) in [5, 5.41) is 0. The molecule has 0 aromatic rings. The third-order valence-corrected chi connectivity index (χ3v) is 5.74. The minimum Gasteiger partial charge on any atom is -0.330 e. The van der Waals surface area contributed by atoms with Crippen LogP contribution in [0.15, 0.2) is 0 Å². The van der Waals surface area contributed by atoms with Crippen molar-refractivity contribution >= 4 is 22.4 Å². The van der Waals surface area contributed by atoms with E-state index >= 15 is 0 Å². The van der Waals surface area contributed by atoms with Crippen LogP contribution in [-0.2, 0) is 10.0 Å². The van der Waals surface area contributed by atoms with E-state index in [0.29, 0.717) is 31.3 Å². The summed E-state index contributed by atoms with van der Waals surface area (Å²) in [6, 6.07) is 0. The van der Waals surface area contributed by atoms with Gasteiger partial charge in [-0.25, -0.2) is 12.7 Å². The van der Waals surface area contributed by atoms with Gasteiger partial charge >= 0.3 is 0 Å². The normalized spacial score (nSPS) is 30.2. The van der Waals surface area contributed by atoms with Gasteiger partial charge in [-0.2, -0.15) is 0 Å². The number of hydrogen-bond acceptors (Lipinski definition) is 3. The van der Waals surface area contributed by atoms with Crippen molar-refractivity contribution in [2.24, 2.45) is 17.1 Å². The molecule has 1 saturated heterocycles. The summed E-state index contributed by atoms with van der Waals surface area (Å²) in [6.45, 7) is 3.91. The highest BCUT2D eigenvalue weighted by molar-refractivity contribution is 7.89. The van der Waals surface area contributed by atoms with Gasteiger partial charge in [-0.15, -0.1) is 12.4 Å². The zero-order valence-corrected chi connectivity index (χ0v) is 12.0. The predicted molar refractivity (Wildman–Crippen MR) is 71.7 cm³/mol. The SMILES string of the molecule is CC1(CN)CCN(S(=O)(=O)CCC2CC2)C1.Cl. The summed E-state index contributed by atoms with van der Waals surface area (Å²) in [6.07, 6.45) is 4.18. The molecule has 0 bridgehead atoms. The third-order valence-electron chi connectivity index (χ3n) is 3.89. The lowest BCUT2D eigenvalue weighted by atomic mass is 9.90. The number of sulfonamides is 1. The number of hydrogen-bond donors (Lipinski definition) is 1. The van der Waals surface area contributed by atoms with E-state index in [1.54, 1.807) is 4.31 Å². The minimum absolute atomic E-state index is 0. The standard InChI is InChI=1S/C11H22N2O2S.ClH/c1-11(8-12)5-6-13(9-11)16(14,15)7-4-10-2-3-10;/h10H,2-9,12H2,1H3;1H. The summed E-state index contributed by atoms with van der Waals surface area (Å²) in [5.41, 5.74) is 5.68. The van der Waals surface area contributed by atoms with Crippen LogP contribution in [0.1, 0.15) is 32.6 Å². The molecule has 1 saturated carbocycles. The van der Waals surface area contributed by atoms with Crippen molar-refractivity contribution in [2.45, 2.75) is 32.6 Å². The van der Waals surface area contributed by atoms with E-state index in [1.807, 2.05) is 0 Å². The molecule has 17 heavy (non-hydrogen) atoms. The summed E-state index contributed by atoms with van der Waals surface area (Å²) in [5.74, 6) is 1.01. The molecule has 2 N–H and O–H groups in total. The molecule has 1 heterocycles. The first-order valence-corrected chi connectivity index (χ1v) is 7.74. The number of halogens is 1. The number of nitrogens with zero attached hydrogens (tertiary/aromatic N) is 1. The van der Waals surface area contributed by atoms with Crippen molar-refractivity contribution in [3.05, 3.63) is 0 Å². The second kappa shape index (κ2) is 5.43. The Bertz CT molecular complexity index is 356. The maximum atomic E-state index is 12.1. The van der Waals surface area contributed by atoms with Crippen LogP contribution < -0.4 is 5.73 Å². The lowest BCUT2D eigenvalue weighted by Gasteiger charge is -2.22. The quantitative estimate of drug-likeness (QED) is 0.824. The Kier molecular flexibility index (Phi) is 4.86. The minimum atomic E-state index is -3.02. The highest BCUT2D eigenvalue weighted by Gasteiger charge is 2.38. The molecule has 1 unspecified atom stereocenters. The van der Waals surface area contributed by atoms with Crippen molar-refractivity contribution in [2.75, 3.05) is 25.4 Å². The Hall–Kier alpha value is 0.160. The van der Waals surface area contributed by atoms with Crippen LogP contribution in [0.5, 0.6) is 0 Å². The molecule has 2 fully saturated rings. The molecule has 1 aliphatic heterocycles. The van der Waals surface area contributed by atoms with Gasteiger partial charge in [0.25, 0.3) is 0 Å². The van der Waals surface area contributed by atoms with E-state index in [-0.39, 0.29) is 17.8 Å². The average Bonchev–Trinajstić information content (AvgIpc) is 2.98. The molecular weight excluding hydrogens is 260 g/mol. The van der Waals surface area contributed by atoms with Crippen LogP contribution in [0.4, 0.5) is 0 Å². The van der Waals surface area contributed by atoms with E-state index in [9.17, 15) is 8.42 Å². The van der Waals surface area contributed by atoms with Gasteiger partial charge < -0.3 is 5.73 Å². The second-order valence-electron chi connectivity index (χ2n) is 5.65. The summed E-state index contributed by atoms with van der Waals surface area (Å²) >= 11 is 0. The fraction of sp³-hybridized carbons (Fsp3) is 1.00. The highest BCUT2D eigenvalue weighted by atomic mass is 35.5. The van der Waals surface area contributed by atoms with Gasteiger partial charge in [0.2, 0.25) is 10.0 Å². The van der Waals surface area contributed by atoms with Crippen molar-refractivity contribution in [1.82, 2.24) is 4.31 Å². The summed E-state index contributed by atoms with van der Waals surface area (Å²) < 4.78 is 25.7. The average molecular weight is 283 g/mol. The molecular formula is C11H23ClN2O2S. The molecule has 4 nitrogen and oxygen atoms in total. The van der Waals surface area contributed by atoms with E-state index in [2.05, 4.69) is 6.92 Å². The fourth-order valence-electron chi connectivity index (χ4n) is 2.23. The molecule has 0 amide bonds. The van der Waals surface area contributed by atoms with Crippen LogP contribution >= 0.6 is 12.4 Å². The smallest absolute Gasteiger partial charge is 0.214 e. The maximum absolute atomic E-state index is 12.1. The van der Waals surface area contributed by atoms with Gasteiger partial charge in [0.05, 0.1) is 5.75 Å². The topological polar surface area (TPSA) is 63.4 Å². The van der Waals surface area contributed by atoms with Gasteiger partial charge in [-0.1, -0.05) is 19.8 Å². The fourth-order valence-corrected chi connectivity index (χ4v) is 4.00. The monoisotopic (exact) mass is 282 g/mol. The van der Waals surface area contributed by atoms with Gasteiger partial charge in [0.15, 0.2) is 0 Å². The van der Waals surface area contributed by atoms with Gasteiger partial charge in [0.1, 0.15) is 0 Å². The molecule has 0 aromatic carbocycles. The zero-order chi connectivity index (χ0) is 11.8. The molecule has 1 atom stereocenters. The second-order valence-corrected chi connectivity index (χ2v) is 7.73. The van der Waals surface area contributed by atoms with E-state index in [4.69, 9.17) is 5.73 Å². The molecule has 102 valence electrons. The Balaban J connectivity index is 0.00000144. The summed E-state index contributed by atoms with van der Waals surface area (Å²) in [4.78, 5) is 0. The first kappa shape index (κ1) is 15.2. The van der Waals surface area contributed by atoms with Crippen molar-refractivity contribution in [3.63, 3.8) is 0 Å². The molecule has 1 aliphatic carbocycles. The first-order valence-electron chi connectivity index (χ1n) is 6.13. The van der Waals surface area contributed by atoms with E-state index in [1.165, 1.54) is 12.8 Å². The summed E-state index contributed by atoms with van der Waals surface area (Å²) in [7, 11) is -3.02. The van der Waals surface area contributed by atoms with Gasteiger partial charge in [-0.05, 0) is 30.7 Å². The molecule has 2 rings (SSSR count). The number of rotatable bonds is 5. The van der Waals surface area contributed by atoms with Crippen molar-refractivity contribution < 1.29 is 8.42 Å². The van der Waals surface area contributed by atoms with E-state index in [0.717, 1.165) is 12.8 Å². The Morgan fingerprint density at radius 3 is 2.53 bits per heavy atom. The van der Waals surface area contributed by atoms with Crippen LogP contribution in [0.2, 0.25) is 0 Å². The van der Waals surface area contributed by atoms with Crippen LogP contribution in [0.3, 0.4) is 0 Å². The zero-order valence-electron chi connectivity index (χ0n) is 10.4.